The molecule has 0 saturated carbocycles. The fourth-order valence-electron chi connectivity index (χ4n) is 1.43. The minimum Gasteiger partial charge on any atom is -0.348 e. The molecule has 2 rings (SSSR count). The molecule has 0 amide bonds. The molecular formula is C11H15N3S. The van der Waals surface area contributed by atoms with E-state index in [-0.39, 0.29) is 0 Å². The van der Waals surface area contributed by atoms with E-state index in [0.29, 0.717) is 0 Å². The summed E-state index contributed by atoms with van der Waals surface area (Å²) >= 11 is 1.81. The summed E-state index contributed by atoms with van der Waals surface area (Å²) in [5.74, 6) is 0. The zero-order valence-corrected chi connectivity index (χ0v) is 9.60. The zero-order valence-electron chi connectivity index (χ0n) is 8.79. The summed E-state index contributed by atoms with van der Waals surface area (Å²) in [6.07, 6.45) is 4.60. The summed E-state index contributed by atoms with van der Waals surface area (Å²) in [5, 5.41) is 5.57. The lowest BCUT2D eigenvalue weighted by Gasteiger charge is -2.02. The molecule has 15 heavy (non-hydrogen) atoms. The van der Waals surface area contributed by atoms with E-state index in [1.807, 2.05) is 17.5 Å². The van der Waals surface area contributed by atoms with E-state index in [1.165, 1.54) is 16.1 Å². The molecule has 80 valence electrons. The summed E-state index contributed by atoms with van der Waals surface area (Å²) in [6.45, 7) is 4.11. The first-order valence-corrected chi connectivity index (χ1v) is 5.95. The quantitative estimate of drug-likeness (QED) is 0.759. The molecule has 4 heteroatoms. The largest absolute Gasteiger partial charge is 0.348 e. The number of aromatic amines is 1. The first-order valence-electron chi connectivity index (χ1n) is 5.07. The molecule has 0 radical (unpaired) electrons. The molecule has 3 nitrogen and oxygen atoms in total. The van der Waals surface area contributed by atoms with E-state index >= 15 is 0 Å². The van der Waals surface area contributed by atoms with Crippen molar-refractivity contribution in [1.29, 1.82) is 0 Å². The van der Waals surface area contributed by atoms with Gasteiger partial charge in [-0.3, -0.25) is 0 Å². The van der Waals surface area contributed by atoms with Gasteiger partial charge >= 0.3 is 0 Å². The summed E-state index contributed by atoms with van der Waals surface area (Å²) in [7, 11) is 0. The van der Waals surface area contributed by atoms with Crippen LogP contribution >= 0.6 is 11.3 Å². The van der Waals surface area contributed by atoms with Gasteiger partial charge in [0.25, 0.3) is 0 Å². The number of hydrogen-bond acceptors (Lipinski definition) is 3. The van der Waals surface area contributed by atoms with E-state index in [2.05, 4.69) is 33.7 Å². The third-order valence-corrected chi connectivity index (χ3v) is 3.40. The Kier molecular flexibility index (Phi) is 3.53. The molecule has 2 aromatic rings. The zero-order chi connectivity index (χ0) is 10.5. The highest BCUT2D eigenvalue weighted by atomic mass is 32.1. The van der Waals surface area contributed by atoms with Crippen molar-refractivity contribution >= 4 is 11.3 Å². The Hall–Kier alpha value is -1.13. The lowest BCUT2D eigenvalue weighted by molar-refractivity contribution is 0.686. The second-order valence-electron chi connectivity index (χ2n) is 3.53. The van der Waals surface area contributed by atoms with Gasteiger partial charge in [0.2, 0.25) is 0 Å². The predicted octanol–water partition coefficient (Wildman–Crippen LogP) is 2.11. The number of thiophene rings is 1. The van der Waals surface area contributed by atoms with Crippen LogP contribution in [0.15, 0.2) is 24.0 Å². The van der Waals surface area contributed by atoms with Gasteiger partial charge in [-0.1, -0.05) is 0 Å². The third kappa shape index (κ3) is 2.91. The monoisotopic (exact) mass is 221 g/mol. The second kappa shape index (κ2) is 5.09. The van der Waals surface area contributed by atoms with Crippen molar-refractivity contribution in [3.63, 3.8) is 0 Å². The highest BCUT2D eigenvalue weighted by molar-refractivity contribution is 7.10. The van der Waals surface area contributed by atoms with Crippen LogP contribution in [0.4, 0.5) is 0 Å². The first-order chi connectivity index (χ1) is 7.36. The van der Waals surface area contributed by atoms with Crippen LogP contribution in [0.5, 0.6) is 0 Å². The van der Waals surface area contributed by atoms with Crippen molar-refractivity contribution < 1.29 is 0 Å². The first kappa shape index (κ1) is 10.4. The molecule has 0 fully saturated rings. The van der Waals surface area contributed by atoms with Gasteiger partial charge in [-0.2, -0.15) is 0 Å². The summed E-state index contributed by atoms with van der Waals surface area (Å²) in [5.41, 5.74) is 2.57. The third-order valence-electron chi connectivity index (χ3n) is 2.38. The van der Waals surface area contributed by atoms with Crippen LogP contribution in [0, 0.1) is 6.92 Å². The SMILES string of the molecule is Cc1ccsc1CNCCc1cnc[nH]1. The van der Waals surface area contributed by atoms with Crippen LogP contribution < -0.4 is 5.32 Å². The summed E-state index contributed by atoms with van der Waals surface area (Å²) in [4.78, 5) is 8.51. The number of rotatable bonds is 5. The maximum atomic E-state index is 3.98. The molecule has 2 heterocycles. The highest BCUT2D eigenvalue weighted by Crippen LogP contribution is 2.14. The number of nitrogens with zero attached hydrogens (tertiary/aromatic N) is 1. The lowest BCUT2D eigenvalue weighted by Crippen LogP contribution is -2.16. The van der Waals surface area contributed by atoms with Gasteiger partial charge < -0.3 is 10.3 Å². The Morgan fingerprint density at radius 3 is 3.13 bits per heavy atom. The Bertz CT molecular complexity index is 392. The van der Waals surface area contributed by atoms with E-state index in [9.17, 15) is 0 Å². The van der Waals surface area contributed by atoms with Gasteiger partial charge in [-0.05, 0) is 23.9 Å². The topological polar surface area (TPSA) is 40.7 Å². The molecule has 0 atom stereocenters. The number of imidazole rings is 1. The minimum absolute atomic E-state index is 0.970. The molecule has 0 aliphatic carbocycles. The van der Waals surface area contributed by atoms with Gasteiger partial charge in [0.15, 0.2) is 0 Å². The molecule has 0 unspecified atom stereocenters. The normalized spacial score (nSPS) is 10.7. The Labute approximate surface area is 93.6 Å². The molecule has 0 saturated heterocycles. The molecule has 0 aliphatic rings. The summed E-state index contributed by atoms with van der Waals surface area (Å²) in [6, 6.07) is 2.16. The number of aryl methyl sites for hydroxylation is 1. The summed E-state index contributed by atoms with van der Waals surface area (Å²) < 4.78 is 0. The fraction of sp³-hybridized carbons (Fsp3) is 0.364. The molecular weight excluding hydrogens is 206 g/mol. The second-order valence-corrected chi connectivity index (χ2v) is 4.53. The van der Waals surface area contributed by atoms with Crippen LogP contribution in [-0.2, 0) is 13.0 Å². The number of nitrogens with one attached hydrogen (secondary N) is 2. The van der Waals surface area contributed by atoms with Crippen LogP contribution in [0.25, 0.3) is 0 Å². The Morgan fingerprint density at radius 1 is 1.53 bits per heavy atom. The average Bonchev–Trinajstić information content (AvgIpc) is 2.85. The van der Waals surface area contributed by atoms with E-state index in [0.717, 1.165) is 19.5 Å². The van der Waals surface area contributed by atoms with Crippen LogP contribution in [0.1, 0.15) is 16.1 Å². The Balaban J connectivity index is 1.70. The van der Waals surface area contributed by atoms with Gasteiger partial charge in [0, 0.05) is 36.3 Å². The molecule has 0 aromatic carbocycles. The van der Waals surface area contributed by atoms with Crippen molar-refractivity contribution in [3.05, 3.63) is 40.1 Å². The molecule has 0 aliphatic heterocycles. The molecule has 2 aromatic heterocycles. The maximum absolute atomic E-state index is 3.98. The van der Waals surface area contributed by atoms with Crippen LogP contribution in [-0.4, -0.2) is 16.5 Å². The van der Waals surface area contributed by atoms with E-state index in [1.54, 1.807) is 6.33 Å². The smallest absolute Gasteiger partial charge is 0.0921 e. The lowest BCUT2D eigenvalue weighted by atomic mass is 10.3. The number of aromatic nitrogens is 2. The predicted molar refractivity (Wildman–Crippen MR) is 63.1 cm³/mol. The Morgan fingerprint density at radius 2 is 2.47 bits per heavy atom. The average molecular weight is 221 g/mol. The molecule has 2 N–H and O–H groups in total. The standard InChI is InChI=1S/C11H15N3S/c1-9-3-5-15-11(9)7-12-4-2-10-6-13-8-14-10/h3,5-6,8,12H,2,4,7H2,1H3,(H,13,14). The van der Waals surface area contributed by atoms with Gasteiger partial charge in [-0.15, -0.1) is 11.3 Å². The van der Waals surface area contributed by atoms with Crippen LogP contribution in [0.3, 0.4) is 0 Å². The van der Waals surface area contributed by atoms with Crippen molar-refractivity contribution in [3.8, 4) is 0 Å². The van der Waals surface area contributed by atoms with E-state index in [4.69, 9.17) is 0 Å². The molecule has 0 spiro atoms. The van der Waals surface area contributed by atoms with Crippen molar-refractivity contribution in [2.24, 2.45) is 0 Å². The van der Waals surface area contributed by atoms with E-state index < -0.39 is 0 Å². The maximum Gasteiger partial charge on any atom is 0.0921 e. The van der Waals surface area contributed by atoms with Gasteiger partial charge in [-0.25, -0.2) is 4.98 Å². The minimum atomic E-state index is 0.970. The number of hydrogen-bond donors (Lipinski definition) is 2. The van der Waals surface area contributed by atoms with Crippen molar-refractivity contribution in [2.75, 3.05) is 6.54 Å². The van der Waals surface area contributed by atoms with Crippen molar-refractivity contribution in [1.82, 2.24) is 15.3 Å². The van der Waals surface area contributed by atoms with Crippen LogP contribution in [0.2, 0.25) is 0 Å². The van der Waals surface area contributed by atoms with Crippen molar-refractivity contribution in [2.45, 2.75) is 19.9 Å². The van der Waals surface area contributed by atoms with Gasteiger partial charge in [0.1, 0.15) is 0 Å². The van der Waals surface area contributed by atoms with Gasteiger partial charge in [0.05, 0.1) is 6.33 Å². The number of H-pyrrole nitrogens is 1. The highest BCUT2D eigenvalue weighted by Gasteiger charge is 1.99. The fourth-order valence-corrected chi connectivity index (χ4v) is 2.31. The molecule has 0 bridgehead atoms.